The van der Waals surface area contributed by atoms with E-state index in [2.05, 4.69) is 24.1 Å². The molecule has 90 valence electrons. The van der Waals surface area contributed by atoms with E-state index in [1.165, 1.54) is 0 Å². The van der Waals surface area contributed by atoms with Crippen molar-refractivity contribution in [3.8, 4) is 0 Å². The second kappa shape index (κ2) is 6.43. The normalized spacial score (nSPS) is 13.1. The van der Waals surface area contributed by atoms with Gasteiger partial charge in [0, 0.05) is 18.7 Å². The van der Waals surface area contributed by atoms with Crippen molar-refractivity contribution in [2.24, 2.45) is 5.92 Å². The summed E-state index contributed by atoms with van der Waals surface area (Å²) >= 11 is 11.9. The average Bonchev–Trinajstić information content (AvgIpc) is 2.20. The van der Waals surface area contributed by atoms with Gasteiger partial charge in [0.1, 0.15) is 0 Å². The van der Waals surface area contributed by atoms with Crippen LogP contribution in [0.15, 0.2) is 12.3 Å². The van der Waals surface area contributed by atoms with Crippen LogP contribution in [0.1, 0.15) is 26.0 Å². The fourth-order valence-corrected chi connectivity index (χ4v) is 2.16. The monoisotopic (exact) mass is 260 g/mol. The summed E-state index contributed by atoms with van der Waals surface area (Å²) in [7, 11) is 1.97. The van der Waals surface area contributed by atoms with Crippen LogP contribution in [0.4, 0.5) is 0 Å². The number of likely N-dealkylation sites (N-methyl/N-ethyl adjacent to an activating group) is 1. The molecule has 0 spiro atoms. The Morgan fingerprint density at radius 3 is 2.56 bits per heavy atom. The zero-order valence-electron chi connectivity index (χ0n) is 9.93. The van der Waals surface area contributed by atoms with Crippen LogP contribution >= 0.6 is 23.2 Å². The van der Waals surface area contributed by atoms with Crippen LogP contribution in [0.5, 0.6) is 0 Å². The molecule has 0 saturated carbocycles. The van der Waals surface area contributed by atoms with E-state index in [0.717, 1.165) is 18.5 Å². The molecule has 0 aliphatic heterocycles. The summed E-state index contributed by atoms with van der Waals surface area (Å²) in [6.07, 6.45) is 3.59. The van der Waals surface area contributed by atoms with Gasteiger partial charge in [-0.3, -0.25) is 4.98 Å². The van der Waals surface area contributed by atoms with E-state index in [-0.39, 0.29) is 0 Å². The molecular weight excluding hydrogens is 243 g/mol. The highest BCUT2D eigenvalue weighted by molar-refractivity contribution is 6.34. The predicted molar refractivity (Wildman–Crippen MR) is 70.3 cm³/mol. The first-order valence-corrected chi connectivity index (χ1v) is 6.25. The van der Waals surface area contributed by atoms with Crippen molar-refractivity contribution < 1.29 is 0 Å². The molecule has 1 atom stereocenters. The summed E-state index contributed by atoms with van der Waals surface area (Å²) in [5, 5.41) is 4.52. The molecule has 4 heteroatoms. The molecule has 1 heterocycles. The van der Waals surface area contributed by atoms with Crippen LogP contribution in [0, 0.1) is 5.92 Å². The van der Waals surface area contributed by atoms with E-state index < -0.39 is 0 Å². The van der Waals surface area contributed by atoms with E-state index in [0.29, 0.717) is 22.0 Å². The minimum absolute atomic E-state index is 0.408. The van der Waals surface area contributed by atoms with Crippen molar-refractivity contribution in [2.45, 2.75) is 32.7 Å². The van der Waals surface area contributed by atoms with Crippen molar-refractivity contribution >= 4 is 23.2 Å². The van der Waals surface area contributed by atoms with E-state index in [1.54, 1.807) is 12.3 Å². The van der Waals surface area contributed by atoms with Crippen LogP contribution in [0.3, 0.4) is 0 Å². The van der Waals surface area contributed by atoms with Crippen molar-refractivity contribution in [2.75, 3.05) is 7.05 Å². The number of hydrogen-bond donors (Lipinski definition) is 1. The van der Waals surface area contributed by atoms with Gasteiger partial charge in [-0.1, -0.05) is 37.0 Å². The molecule has 16 heavy (non-hydrogen) atoms. The zero-order chi connectivity index (χ0) is 12.1. The average molecular weight is 261 g/mol. The number of halogens is 2. The van der Waals surface area contributed by atoms with Gasteiger partial charge in [0.2, 0.25) is 0 Å². The molecule has 2 nitrogen and oxygen atoms in total. The molecule has 1 rings (SSSR count). The standard InChI is InChI=1S/C12H18Cl2N2/c1-8(2)4-10(15-3)6-12-11(14)5-9(13)7-16-12/h5,7-8,10,15H,4,6H2,1-3H3. The Balaban J connectivity index is 2.70. The van der Waals surface area contributed by atoms with Gasteiger partial charge in [-0.15, -0.1) is 0 Å². The molecule has 0 saturated heterocycles. The van der Waals surface area contributed by atoms with Crippen LogP contribution in [-0.4, -0.2) is 18.1 Å². The molecular formula is C12H18Cl2N2. The molecule has 0 aliphatic carbocycles. The molecule has 0 aromatic carbocycles. The molecule has 0 fully saturated rings. The molecule has 0 aliphatic rings. The third-order valence-corrected chi connectivity index (χ3v) is 3.02. The topological polar surface area (TPSA) is 24.9 Å². The van der Waals surface area contributed by atoms with Crippen molar-refractivity contribution in [1.82, 2.24) is 10.3 Å². The molecule has 0 amide bonds. The maximum Gasteiger partial charge on any atom is 0.0636 e. The lowest BCUT2D eigenvalue weighted by Crippen LogP contribution is -2.29. The van der Waals surface area contributed by atoms with Gasteiger partial charge >= 0.3 is 0 Å². The van der Waals surface area contributed by atoms with E-state index >= 15 is 0 Å². The predicted octanol–water partition coefficient (Wildman–Crippen LogP) is 3.57. The summed E-state index contributed by atoms with van der Waals surface area (Å²) in [6.45, 7) is 4.42. The maximum absolute atomic E-state index is 6.09. The number of aromatic nitrogens is 1. The molecule has 0 radical (unpaired) electrons. The van der Waals surface area contributed by atoms with Gasteiger partial charge in [0.25, 0.3) is 0 Å². The Labute approximate surface area is 107 Å². The fourth-order valence-electron chi connectivity index (χ4n) is 1.70. The third-order valence-electron chi connectivity index (χ3n) is 2.49. The first kappa shape index (κ1) is 13.8. The van der Waals surface area contributed by atoms with Crippen LogP contribution in [0.2, 0.25) is 10.0 Å². The Bertz CT molecular complexity index is 340. The minimum Gasteiger partial charge on any atom is -0.317 e. The minimum atomic E-state index is 0.408. The number of pyridine rings is 1. The summed E-state index contributed by atoms with van der Waals surface area (Å²) in [6, 6.07) is 2.15. The Morgan fingerprint density at radius 1 is 1.38 bits per heavy atom. The van der Waals surface area contributed by atoms with Gasteiger partial charge in [0.05, 0.1) is 15.7 Å². The molecule has 1 unspecified atom stereocenters. The maximum atomic E-state index is 6.09. The summed E-state index contributed by atoms with van der Waals surface area (Å²) in [5.41, 5.74) is 0.908. The molecule has 1 N–H and O–H groups in total. The quantitative estimate of drug-likeness (QED) is 0.876. The number of hydrogen-bond acceptors (Lipinski definition) is 2. The van der Waals surface area contributed by atoms with Gasteiger partial charge in [-0.05, 0) is 25.5 Å². The van der Waals surface area contributed by atoms with Crippen LogP contribution in [0.25, 0.3) is 0 Å². The zero-order valence-corrected chi connectivity index (χ0v) is 11.4. The number of rotatable bonds is 5. The lowest BCUT2D eigenvalue weighted by molar-refractivity contribution is 0.438. The lowest BCUT2D eigenvalue weighted by atomic mass is 10.00. The number of nitrogens with one attached hydrogen (secondary N) is 1. The Morgan fingerprint density at radius 2 is 2.06 bits per heavy atom. The van der Waals surface area contributed by atoms with Crippen LogP contribution in [-0.2, 0) is 6.42 Å². The summed E-state index contributed by atoms with van der Waals surface area (Å²) < 4.78 is 0. The van der Waals surface area contributed by atoms with Crippen molar-refractivity contribution in [3.63, 3.8) is 0 Å². The van der Waals surface area contributed by atoms with E-state index in [1.807, 2.05) is 7.05 Å². The molecule has 1 aromatic rings. The Kier molecular flexibility index (Phi) is 5.53. The first-order chi connectivity index (χ1) is 7.52. The summed E-state index contributed by atoms with van der Waals surface area (Å²) in [5.74, 6) is 0.656. The van der Waals surface area contributed by atoms with Gasteiger partial charge in [0.15, 0.2) is 0 Å². The fraction of sp³-hybridized carbons (Fsp3) is 0.583. The van der Waals surface area contributed by atoms with Gasteiger partial charge in [-0.25, -0.2) is 0 Å². The van der Waals surface area contributed by atoms with E-state index in [4.69, 9.17) is 23.2 Å². The van der Waals surface area contributed by atoms with Gasteiger partial charge in [-0.2, -0.15) is 0 Å². The van der Waals surface area contributed by atoms with Crippen LogP contribution < -0.4 is 5.32 Å². The summed E-state index contributed by atoms with van der Waals surface area (Å²) in [4.78, 5) is 4.27. The second-order valence-corrected chi connectivity index (χ2v) is 5.24. The highest BCUT2D eigenvalue weighted by atomic mass is 35.5. The van der Waals surface area contributed by atoms with Crippen molar-refractivity contribution in [1.29, 1.82) is 0 Å². The van der Waals surface area contributed by atoms with E-state index in [9.17, 15) is 0 Å². The second-order valence-electron chi connectivity index (χ2n) is 4.40. The number of nitrogens with zero attached hydrogens (tertiary/aromatic N) is 1. The largest absolute Gasteiger partial charge is 0.317 e. The van der Waals surface area contributed by atoms with Crippen molar-refractivity contribution in [3.05, 3.63) is 28.0 Å². The molecule has 0 bridgehead atoms. The highest BCUT2D eigenvalue weighted by Gasteiger charge is 2.12. The highest BCUT2D eigenvalue weighted by Crippen LogP contribution is 2.20. The molecule has 1 aromatic heterocycles. The first-order valence-electron chi connectivity index (χ1n) is 5.50. The third kappa shape index (κ3) is 4.28. The van der Waals surface area contributed by atoms with Gasteiger partial charge < -0.3 is 5.32 Å². The smallest absolute Gasteiger partial charge is 0.0636 e. The Hall–Kier alpha value is -0.310. The SMILES string of the molecule is CNC(Cc1ncc(Cl)cc1Cl)CC(C)C. The lowest BCUT2D eigenvalue weighted by Gasteiger charge is -2.18.